The van der Waals surface area contributed by atoms with Crippen molar-refractivity contribution in [1.82, 2.24) is 4.90 Å². The van der Waals surface area contributed by atoms with E-state index in [1.165, 1.54) is 45.2 Å². The van der Waals surface area contributed by atoms with Gasteiger partial charge in [0.2, 0.25) is 0 Å². The Balaban J connectivity index is 1.62. The first-order chi connectivity index (χ1) is 7.27. The molecule has 15 heavy (non-hydrogen) atoms. The van der Waals surface area contributed by atoms with Crippen LogP contribution in [0.2, 0.25) is 0 Å². The molecule has 0 N–H and O–H groups in total. The second-order valence-corrected chi connectivity index (χ2v) is 6.91. The van der Waals surface area contributed by atoms with Gasteiger partial charge in [-0.25, -0.2) is 0 Å². The van der Waals surface area contributed by atoms with Gasteiger partial charge in [0.05, 0.1) is 0 Å². The maximum absolute atomic E-state index is 3.01. The van der Waals surface area contributed by atoms with Gasteiger partial charge in [-0.1, -0.05) is 13.3 Å². The minimum absolute atomic E-state index is 0.900. The van der Waals surface area contributed by atoms with E-state index in [0.29, 0.717) is 0 Å². The maximum atomic E-state index is 3.01. The van der Waals surface area contributed by atoms with Crippen LogP contribution in [0.5, 0.6) is 0 Å². The third-order valence-corrected chi connectivity index (χ3v) is 5.83. The molecule has 1 nitrogen and oxygen atoms in total. The van der Waals surface area contributed by atoms with Gasteiger partial charge in [-0.3, -0.25) is 0 Å². The number of fused-ring (bicyclic) bond motifs is 1. The Kier molecular flexibility index (Phi) is 2.81. The van der Waals surface area contributed by atoms with E-state index in [0.717, 1.165) is 29.5 Å². The van der Waals surface area contributed by atoms with Gasteiger partial charge in [-0.15, -0.1) is 9.24 Å². The fourth-order valence-electron chi connectivity index (χ4n) is 4.10. The van der Waals surface area contributed by atoms with Crippen LogP contribution in [0, 0.1) is 17.8 Å². The highest BCUT2D eigenvalue weighted by Gasteiger charge is 2.53. The van der Waals surface area contributed by atoms with Crippen molar-refractivity contribution in [3.63, 3.8) is 0 Å². The molecule has 0 aromatic carbocycles. The summed E-state index contributed by atoms with van der Waals surface area (Å²) in [5.41, 5.74) is 0.900. The largest absolute Gasteiger partial charge is 0.300 e. The van der Waals surface area contributed by atoms with Crippen molar-refractivity contribution >= 4 is 9.24 Å². The van der Waals surface area contributed by atoms with Crippen molar-refractivity contribution in [1.29, 1.82) is 0 Å². The van der Waals surface area contributed by atoms with Crippen molar-refractivity contribution in [3.05, 3.63) is 0 Å². The minimum atomic E-state index is 0.900. The molecule has 3 aliphatic rings. The first-order valence-electron chi connectivity index (χ1n) is 6.77. The zero-order valence-electron chi connectivity index (χ0n) is 9.86. The predicted octanol–water partition coefficient (Wildman–Crippen LogP) is 2.76. The first-order valence-corrected chi connectivity index (χ1v) is 7.43. The van der Waals surface area contributed by atoms with Crippen LogP contribution in [0.1, 0.15) is 39.0 Å². The van der Waals surface area contributed by atoms with E-state index in [2.05, 4.69) is 21.1 Å². The molecule has 1 aliphatic heterocycles. The van der Waals surface area contributed by atoms with Crippen molar-refractivity contribution in [3.8, 4) is 0 Å². The van der Waals surface area contributed by atoms with Crippen molar-refractivity contribution in [2.45, 2.75) is 50.7 Å². The Morgan fingerprint density at radius 2 is 1.80 bits per heavy atom. The lowest BCUT2D eigenvalue weighted by Crippen LogP contribution is -2.44. The highest BCUT2D eigenvalue weighted by molar-refractivity contribution is 7.17. The SMILES string of the molecule is C[C@@H]1C2CCC[C@H](N3CCC(P)CC3)C21. The number of likely N-dealkylation sites (tertiary alicyclic amines) is 1. The molecule has 0 bridgehead atoms. The van der Waals surface area contributed by atoms with E-state index in [1.54, 1.807) is 0 Å². The predicted molar refractivity (Wildman–Crippen MR) is 68.1 cm³/mol. The van der Waals surface area contributed by atoms with Crippen LogP contribution in [-0.2, 0) is 0 Å². The molecule has 3 rings (SSSR count). The molecule has 2 saturated carbocycles. The van der Waals surface area contributed by atoms with Crippen LogP contribution in [0.25, 0.3) is 0 Å². The minimum Gasteiger partial charge on any atom is -0.300 e. The highest BCUT2D eigenvalue weighted by Crippen LogP contribution is 2.56. The molecular formula is C13H24NP. The average molecular weight is 225 g/mol. The van der Waals surface area contributed by atoms with Gasteiger partial charge in [0, 0.05) is 6.04 Å². The number of hydrogen-bond donors (Lipinski definition) is 0. The van der Waals surface area contributed by atoms with Crippen molar-refractivity contribution in [2.24, 2.45) is 17.8 Å². The van der Waals surface area contributed by atoms with Gasteiger partial charge in [0.1, 0.15) is 0 Å². The molecule has 86 valence electrons. The lowest BCUT2D eigenvalue weighted by Gasteiger charge is -2.38. The Morgan fingerprint density at radius 1 is 1.07 bits per heavy atom. The lowest BCUT2D eigenvalue weighted by molar-refractivity contribution is 0.120. The number of rotatable bonds is 1. The van der Waals surface area contributed by atoms with Crippen LogP contribution in [0.4, 0.5) is 0 Å². The van der Waals surface area contributed by atoms with Crippen molar-refractivity contribution < 1.29 is 0 Å². The molecule has 2 aliphatic carbocycles. The Hall–Kier alpha value is 0.390. The zero-order valence-corrected chi connectivity index (χ0v) is 11.0. The molecule has 2 heteroatoms. The summed E-state index contributed by atoms with van der Waals surface area (Å²) in [4.78, 5) is 2.82. The van der Waals surface area contributed by atoms with E-state index < -0.39 is 0 Å². The smallest absolute Gasteiger partial charge is 0.0129 e. The van der Waals surface area contributed by atoms with Crippen molar-refractivity contribution in [2.75, 3.05) is 13.1 Å². The quantitative estimate of drug-likeness (QED) is 0.620. The van der Waals surface area contributed by atoms with Crippen LogP contribution < -0.4 is 0 Å². The van der Waals surface area contributed by atoms with Crippen LogP contribution in [-0.4, -0.2) is 29.7 Å². The molecule has 0 aromatic heterocycles. The molecule has 0 amide bonds. The molecule has 3 fully saturated rings. The zero-order chi connectivity index (χ0) is 10.4. The highest BCUT2D eigenvalue weighted by atomic mass is 31.0. The molecular weight excluding hydrogens is 201 g/mol. The summed E-state index contributed by atoms with van der Waals surface area (Å²) in [5, 5.41) is 0. The molecule has 1 saturated heterocycles. The third-order valence-electron chi connectivity index (χ3n) is 5.16. The molecule has 0 spiro atoms. The second kappa shape index (κ2) is 4.00. The van der Waals surface area contributed by atoms with Gasteiger partial charge in [0.25, 0.3) is 0 Å². The summed E-state index contributed by atoms with van der Waals surface area (Å²) in [5.74, 6) is 3.24. The van der Waals surface area contributed by atoms with E-state index >= 15 is 0 Å². The van der Waals surface area contributed by atoms with Gasteiger partial charge < -0.3 is 4.90 Å². The van der Waals surface area contributed by atoms with Gasteiger partial charge in [-0.05, 0) is 62.2 Å². The van der Waals surface area contributed by atoms with E-state index in [4.69, 9.17) is 0 Å². The van der Waals surface area contributed by atoms with Gasteiger partial charge >= 0.3 is 0 Å². The summed E-state index contributed by atoms with van der Waals surface area (Å²) in [6, 6.07) is 0.969. The Labute approximate surface area is 96.2 Å². The lowest BCUT2D eigenvalue weighted by atomic mass is 9.92. The summed E-state index contributed by atoms with van der Waals surface area (Å²) in [6.07, 6.45) is 7.34. The number of nitrogens with zero attached hydrogens (tertiary/aromatic N) is 1. The van der Waals surface area contributed by atoms with E-state index in [1.807, 2.05) is 0 Å². The summed E-state index contributed by atoms with van der Waals surface area (Å²) >= 11 is 0. The summed E-state index contributed by atoms with van der Waals surface area (Å²) in [7, 11) is 3.01. The molecule has 1 heterocycles. The monoisotopic (exact) mass is 225 g/mol. The standard InChI is InChI=1S/C13H24NP/c1-9-11-3-2-4-12(13(9)11)14-7-5-10(15)6-8-14/h9-13H,2-8,15H2,1H3/t9-,11?,12+,13?/m1/s1. The molecule has 3 unspecified atom stereocenters. The first kappa shape index (κ1) is 10.5. The summed E-state index contributed by atoms with van der Waals surface area (Å²) in [6.45, 7) is 5.22. The summed E-state index contributed by atoms with van der Waals surface area (Å²) < 4.78 is 0. The maximum Gasteiger partial charge on any atom is 0.0129 e. The fraction of sp³-hybridized carbons (Fsp3) is 1.00. The average Bonchev–Trinajstić information content (AvgIpc) is 2.92. The van der Waals surface area contributed by atoms with E-state index in [-0.39, 0.29) is 0 Å². The van der Waals surface area contributed by atoms with Crippen LogP contribution >= 0.6 is 9.24 Å². The normalized spacial score (nSPS) is 47.6. The van der Waals surface area contributed by atoms with Crippen LogP contribution in [0.3, 0.4) is 0 Å². The number of piperidine rings is 1. The van der Waals surface area contributed by atoms with Crippen LogP contribution in [0.15, 0.2) is 0 Å². The topological polar surface area (TPSA) is 3.24 Å². The fourth-order valence-corrected chi connectivity index (χ4v) is 4.40. The van der Waals surface area contributed by atoms with E-state index in [9.17, 15) is 0 Å². The molecule has 0 radical (unpaired) electrons. The third kappa shape index (κ3) is 1.87. The number of hydrogen-bond acceptors (Lipinski definition) is 1. The Bertz CT molecular complexity index is 235. The molecule has 5 atom stereocenters. The van der Waals surface area contributed by atoms with Gasteiger partial charge in [-0.2, -0.15) is 0 Å². The second-order valence-electron chi connectivity index (χ2n) is 5.97. The Morgan fingerprint density at radius 3 is 2.53 bits per heavy atom. The molecule has 0 aromatic rings. The van der Waals surface area contributed by atoms with Gasteiger partial charge in [0.15, 0.2) is 0 Å².